The highest BCUT2D eigenvalue weighted by Gasteiger charge is 2.24. The van der Waals surface area contributed by atoms with Crippen molar-refractivity contribution in [2.75, 3.05) is 20.3 Å². The van der Waals surface area contributed by atoms with Crippen molar-refractivity contribution in [3.63, 3.8) is 0 Å². The number of rotatable bonds is 7. The molecule has 0 aliphatic carbocycles. The fourth-order valence-electron chi connectivity index (χ4n) is 0.833. The van der Waals surface area contributed by atoms with Gasteiger partial charge >= 0.3 is 0 Å². The molecule has 0 saturated heterocycles. The molecule has 0 rings (SSSR count). The summed E-state index contributed by atoms with van der Waals surface area (Å²) in [4.78, 5) is 0. The summed E-state index contributed by atoms with van der Waals surface area (Å²) in [5, 5.41) is 9.29. The van der Waals surface area contributed by atoms with E-state index in [2.05, 4.69) is 4.72 Å². The normalized spacial score (nSPS) is 16.7. The zero-order valence-corrected chi connectivity index (χ0v) is 10.6. The van der Waals surface area contributed by atoms with Gasteiger partial charge in [0, 0.05) is 26.7 Å². The molecule has 92 valence electrons. The first kappa shape index (κ1) is 14.8. The van der Waals surface area contributed by atoms with Crippen molar-refractivity contribution in [3.8, 4) is 0 Å². The van der Waals surface area contributed by atoms with Crippen LogP contribution < -0.4 is 4.72 Å². The molecule has 0 aliphatic rings. The van der Waals surface area contributed by atoms with Crippen molar-refractivity contribution in [2.24, 2.45) is 0 Å². The molecule has 0 aliphatic heterocycles. The Morgan fingerprint density at radius 3 is 2.40 bits per heavy atom. The van der Waals surface area contributed by atoms with Gasteiger partial charge in [-0.3, -0.25) is 0 Å². The van der Waals surface area contributed by atoms with E-state index >= 15 is 0 Å². The molecule has 1 atom stereocenters. The Labute approximate surface area is 91.9 Å². The van der Waals surface area contributed by atoms with Crippen LogP contribution in [0.4, 0.5) is 0 Å². The summed E-state index contributed by atoms with van der Waals surface area (Å²) in [6.07, 6.45) is 0.393. The van der Waals surface area contributed by atoms with Gasteiger partial charge in [0.1, 0.15) is 0 Å². The maximum atomic E-state index is 11.4. The average Bonchev–Trinajstić information content (AvgIpc) is 2.12. The Bertz CT molecular complexity index is 272. The van der Waals surface area contributed by atoms with Crippen molar-refractivity contribution < 1.29 is 18.3 Å². The molecule has 0 radical (unpaired) electrons. The minimum atomic E-state index is -3.31. The lowest BCUT2D eigenvalue weighted by molar-refractivity contribution is 0.0291. The minimum Gasteiger partial charge on any atom is -0.389 e. The van der Waals surface area contributed by atoms with Crippen LogP contribution >= 0.6 is 0 Å². The number of sulfonamides is 1. The van der Waals surface area contributed by atoms with Gasteiger partial charge in [-0.15, -0.1) is 0 Å². The van der Waals surface area contributed by atoms with Crippen LogP contribution in [0.2, 0.25) is 0 Å². The fourth-order valence-corrected chi connectivity index (χ4v) is 1.68. The smallest absolute Gasteiger partial charge is 0.214 e. The molecule has 0 heterocycles. The molecule has 1 unspecified atom stereocenters. The second-order valence-electron chi connectivity index (χ2n) is 4.15. The number of hydrogen-bond donors (Lipinski definition) is 2. The van der Waals surface area contributed by atoms with Crippen LogP contribution in [0.5, 0.6) is 0 Å². The summed E-state index contributed by atoms with van der Waals surface area (Å²) >= 11 is 0. The van der Waals surface area contributed by atoms with E-state index in [4.69, 9.17) is 4.74 Å². The first-order chi connectivity index (χ1) is 6.71. The lowest BCUT2D eigenvalue weighted by Crippen LogP contribution is -2.43. The second kappa shape index (κ2) is 5.79. The third-order valence-electron chi connectivity index (χ3n) is 2.12. The van der Waals surface area contributed by atoms with E-state index in [9.17, 15) is 13.5 Å². The number of ether oxygens (including phenoxy) is 1. The van der Waals surface area contributed by atoms with Gasteiger partial charge in [0.15, 0.2) is 0 Å². The summed E-state index contributed by atoms with van der Waals surface area (Å²) in [5.74, 6) is 0. The number of methoxy groups -OCH3 is 1. The van der Waals surface area contributed by atoms with Gasteiger partial charge in [-0.05, 0) is 20.8 Å². The summed E-state index contributed by atoms with van der Waals surface area (Å²) in [7, 11) is -1.77. The molecular weight excluding hydrogens is 218 g/mol. The first-order valence-corrected chi connectivity index (χ1v) is 6.46. The maximum absolute atomic E-state index is 11.4. The SMILES string of the molecule is COCCC(C)(O)CNS(=O)(=O)C(C)C. The van der Waals surface area contributed by atoms with Gasteiger partial charge in [-0.25, -0.2) is 13.1 Å². The summed E-state index contributed by atoms with van der Waals surface area (Å²) in [5.41, 5.74) is -1.07. The quantitative estimate of drug-likeness (QED) is 0.661. The monoisotopic (exact) mass is 239 g/mol. The van der Waals surface area contributed by atoms with Gasteiger partial charge in [0.05, 0.1) is 10.9 Å². The summed E-state index contributed by atoms with van der Waals surface area (Å²) in [6, 6.07) is 0. The van der Waals surface area contributed by atoms with E-state index in [1.807, 2.05) is 0 Å². The maximum Gasteiger partial charge on any atom is 0.214 e. The predicted molar refractivity (Wildman–Crippen MR) is 59.2 cm³/mol. The molecule has 0 spiro atoms. The molecule has 0 amide bonds. The fraction of sp³-hybridized carbons (Fsp3) is 1.00. The lowest BCUT2D eigenvalue weighted by Gasteiger charge is -2.23. The van der Waals surface area contributed by atoms with Gasteiger partial charge in [-0.1, -0.05) is 0 Å². The van der Waals surface area contributed by atoms with Crippen LogP contribution in [0.1, 0.15) is 27.2 Å². The molecule has 0 aromatic heterocycles. The van der Waals surface area contributed by atoms with E-state index in [1.54, 1.807) is 20.8 Å². The Hall–Kier alpha value is -0.170. The van der Waals surface area contributed by atoms with E-state index in [0.717, 1.165) is 0 Å². The van der Waals surface area contributed by atoms with Gasteiger partial charge in [0.2, 0.25) is 10.0 Å². The van der Waals surface area contributed by atoms with E-state index < -0.39 is 20.9 Å². The molecule has 0 aromatic carbocycles. The van der Waals surface area contributed by atoms with Crippen LogP contribution in [0, 0.1) is 0 Å². The van der Waals surface area contributed by atoms with Crippen molar-refractivity contribution >= 4 is 10.0 Å². The summed E-state index contributed by atoms with van der Waals surface area (Å²) in [6.45, 7) is 5.17. The first-order valence-electron chi connectivity index (χ1n) is 4.91. The molecule has 6 heteroatoms. The Morgan fingerprint density at radius 1 is 1.47 bits per heavy atom. The molecule has 5 nitrogen and oxygen atoms in total. The molecule has 0 fully saturated rings. The number of aliphatic hydroxyl groups is 1. The largest absolute Gasteiger partial charge is 0.389 e. The van der Waals surface area contributed by atoms with Crippen molar-refractivity contribution in [3.05, 3.63) is 0 Å². The molecule has 0 bridgehead atoms. The van der Waals surface area contributed by atoms with Gasteiger partial charge in [0.25, 0.3) is 0 Å². The Morgan fingerprint density at radius 2 is 2.00 bits per heavy atom. The van der Waals surface area contributed by atoms with Crippen molar-refractivity contribution in [2.45, 2.75) is 38.0 Å². The highest BCUT2D eigenvalue weighted by atomic mass is 32.2. The predicted octanol–water partition coefficient (Wildman–Crippen LogP) is 0.102. The van der Waals surface area contributed by atoms with E-state index in [0.29, 0.717) is 13.0 Å². The number of hydrogen-bond acceptors (Lipinski definition) is 4. The molecule has 15 heavy (non-hydrogen) atoms. The highest BCUT2D eigenvalue weighted by molar-refractivity contribution is 7.90. The van der Waals surface area contributed by atoms with E-state index in [1.165, 1.54) is 7.11 Å². The zero-order chi connectivity index (χ0) is 12.1. The molecular formula is C9H21NO4S. The van der Waals surface area contributed by atoms with Crippen LogP contribution in [-0.2, 0) is 14.8 Å². The third-order valence-corrected chi connectivity index (χ3v) is 3.91. The topological polar surface area (TPSA) is 75.6 Å². The third kappa shape index (κ3) is 6.09. The minimum absolute atomic E-state index is 0.0108. The van der Waals surface area contributed by atoms with Crippen LogP contribution in [-0.4, -0.2) is 44.6 Å². The Balaban J connectivity index is 4.14. The van der Waals surface area contributed by atoms with Crippen LogP contribution in [0.3, 0.4) is 0 Å². The van der Waals surface area contributed by atoms with Crippen molar-refractivity contribution in [1.29, 1.82) is 0 Å². The zero-order valence-electron chi connectivity index (χ0n) is 9.78. The highest BCUT2D eigenvalue weighted by Crippen LogP contribution is 2.09. The molecule has 0 aromatic rings. The van der Waals surface area contributed by atoms with Gasteiger partial charge < -0.3 is 9.84 Å². The second-order valence-corrected chi connectivity index (χ2v) is 6.48. The van der Waals surface area contributed by atoms with Crippen molar-refractivity contribution in [1.82, 2.24) is 4.72 Å². The van der Waals surface area contributed by atoms with Gasteiger partial charge in [-0.2, -0.15) is 0 Å². The summed E-state index contributed by atoms with van der Waals surface area (Å²) < 4.78 is 30.0. The molecule has 0 saturated carbocycles. The van der Waals surface area contributed by atoms with Crippen LogP contribution in [0.25, 0.3) is 0 Å². The lowest BCUT2D eigenvalue weighted by atomic mass is 10.0. The number of nitrogens with one attached hydrogen (secondary N) is 1. The standard InChI is InChI=1S/C9H21NO4S/c1-8(2)15(12,13)10-7-9(3,11)5-6-14-4/h8,10-11H,5-7H2,1-4H3. The van der Waals surface area contributed by atoms with E-state index in [-0.39, 0.29) is 6.54 Å². The Kier molecular flexibility index (Phi) is 5.72. The van der Waals surface area contributed by atoms with Crippen LogP contribution in [0.15, 0.2) is 0 Å². The average molecular weight is 239 g/mol. The molecule has 2 N–H and O–H groups in total.